The molecule has 1 aromatic rings. The summed E-state index contributed by atoms with van der Waals surface area (Å²) in [6.45, 7) is 7.78. The molecule has 0 spiro atoms. The predicted molar refractivity (Wildman–Crippen MR) is 48.4 cm³/mol. The van der Waals surface area contributed by atoms with E-state index in [4.69, 9.17) is 4.74 Å². The molecule has 1 heterocycles. The second-order valence-electron chi connectivity index (χ2n) is 2.79. The van der Waals surface area contributed by atoms with Crippen LogP contribution >= 0.6 is 0 Å². The van der Waals surface area contributed by atoms with Gasteiger partial charge in [0.25, 0.3) is 0 Å². The Kier molecular flexibility index (Phi) is 3.14. The molecule has 0 radical (unpaired) electrons. The smallest absolute Gasteiger partial charge is 0.214 e. The van der Waals surface area contributed by atoms with Crippen molar-refractivity contribution in [2.45, 2.75) is 33.7 Å². The van der Waals surface area contributed by atoms with Crippen molar-refractivity contribution in [1.82, 2.24) is 9.78 Å². The normalized spacial score (nSPS) is 10.2. The lowest BCUT2D eigenvalue weighted by Gasteiger charge is -2.06. The Labute approximate surface area is 73.3 Å². The molecule has 0 saturated carbocycles. The van der Waals surface area contributed by atoms with Gasteiger partial charge in [0.2, 0.25) is 5.88 Å². The maximum Gasteiger partial charge on any atom is 0.214 e. The molecule has 12 heavy (non-hydrogen) atoms. The highest BCUT2D eigenvalue weighted by molar-refractivity contribution is 5.21. The van der Waals surface area contributed by atoms with E-state index in [1.165, 1.54) is 0 Å². The van der Waals surface area contributed by atoms with E-state index in [2.05, 4.69) is 12.0 Å². The molecule has 3 nitrogen and oxygen atoms in total. The van der Waals surface area contributed by atoms with Crippen molar-refractivity contribution in [2.75, 3.05) is 6.61 Å². The van der Waals surface area contributed by atoms with Crippen LogP contribution in [-0.4, -0.2) is 16.4 Å². The molecule has 0 saturated heterocycles. The van der Waals surface area contributed by atoms with E-state index in [0.29, 0.717) is 6.61 Å². The first kappa shape index (κ1) is 9.10. The van der Waals surface area contributed by atoms with E-state index in [9.17, 15) is 0 Å². The second kappa shape index (κ2) is 4.14. The number of aromatic nitrogens is 2. The van der Waals surface area contributed by atoms with Gasteiger partial charge in [0.1, 0.15) is 0 Å². The van der Waals surface area contributed by atoms with Gasteiger partial charge in [0.05, 0.1) is 12.8 Å². The largest absolute Gasteiger partial charge is 0.478 e. The van der Waals surface area contributed by atoms with Crippen molar-refractivity contribution in [3.63, 3.8) is 0 Å². The third-order valence-corrected chi connectivity index (χ3v) is 1.68. The van der Waals surface area contributed by atoms with E-state index in [1.54, 1.807) is 0 Å². The fourth-order valence-corrected chi connectivity index (χ4v) is 1.16. The Bertz CT molecular complexity index is 243. The van der Waals surface area contributed by atoms with Crippen LogP contribution in [0.5, 0.6) is 5.88 Å². The number of rotatable bonds is 4. The van der Waals surface area contributed by atoms with Crippen molar-refractivity contribution >= 4 is 0 Å². The van der Waals surface area contributed by atoms with Crippen molar-refractivity contribution < 1.29 is 4.74 Å². The van der Waals surface area contributed by atoms with Crippen molar-refractivity contribution in [3.05, 3.63) is 11.8 Å². The number of nitrogens with zero attached hydrogens (tertiary/aromatic N) is 2. The predicted octanol–water partition coefficient (Wildman–Crippen LogP) is 2.00. The summed E-state index contributed by atoms with van der Waals surface area (Å²) < 4.78 is 7.38. The molecule has 0 amide bonds. The minimum absolute atomic E-state index is 0.705. The summed E-state index contributed by atoms with van der Waals surface area (Å²) in [5.41, 5.74) is 1.12. The van der Waals surface area contributed by atoms with E-state index >= 15 is 0 Å². The zero-order chi connectivity index (χ0) is 8.97. The highest BCUT2D eigenvalue weighted by Gasteiger charge is 2.06. The van der Waals surface area contributed by atoms with Crippen LogP contribution < -0.4 is 4.74 Å². The van der Waals surface area contributed by atoms with Crippen LogP contribution in [-0.2, 0) is 6.54 Å². The maximum atomic E-state index is 5.46. The van der Waals surface area contributed by atoms with Gasteiger partial charge in [-0.05, 0) is 20.3 Å². The first-order valence-corrected chi connectivity index (χ1v) is 4.44. The lowest BCUT2D eigenvalue weighted by molar-refractivity contribution is 0.298. The number of hydrogen-bond donors (Lipinski definition) is 0. The lowest BCUT2D eigenvalue weighted by atomic mass is 10.4. The monoisotopic (exact) mass is 168 g/mol. The summed E-state index contributed by atoms with van der Waals surface area (Å²) >= 11 is 0. The van der Waals surface area contributed by atoms with E-state index in [-0.39, 0.29) is 0 Å². The molecule has 0 unspecified atom stereocenters. The van der Waals surface area contributed by atoms with Gasteiger partial charge in [-0.15, -0.1) is 0 Å². The van der Waals surface area contributed by atoms with Crippen LogP contribution in [0.2, 0.25) is 0 Å². The van der Waals surface area contributed by atoms with Crippen LogP contribution in [0, 0.1) is 6.92 Å². The molecule has 0 aliphatic carbocycles. The first-order valence-electron chi connectivity index (χ1n) is 4.44. The van der Waals surface area contributed by atoms with Crippen LogP contribution in [0.1, 0.15) is 25.8 Å². The second-order valence-corrected chi connectivity index (χ2v) is 2.79. The van der Waals surface area contributed by atoms with Crippen molar-refractivity contribution in [2.24, 2.45) is 0 Å². The van der Waals surface area contributed by atoms with E-state index < -0.39 is 0 Å². The van der Waals surface area contributed by atoms with Gasteiger partial charge >= 0.3 is 0 Å². The molecule has 0 N–H and O–H groups in total. The summed E-state index contributed by atoms with van der Waals surface area (Å²) in [5.74, 6) is 0.916. The maximum absolute atomic E-state index is 5.46. The van der Waals surface area contributed by atoms with Gasteiger partial charge in [0, 0.05) is 12.1 Å². The topological polar surface area (TPSA) is 27.1 Å². The van der Waals surface area contributed by atoms with Gasteiger partial charge in [0.15, 0.2) is 0 Å². The minimum Gasteiger partial charge on any atom is -0.478 e. The highest BCUT2D eigenvalue weighted by Crippen LogP contribution is 2.16. The Morgan fingerprint density at radius 3 is 2.83 bits per heavy atom. The summed E-state index contributed by atoms with van der Waals surface area (Å²) in [4.78, 5) is 0. The molecular formula is C9H16N2O. The van der Waals surface area contributed by atoms with Gasteiger partial charge in [-0.25, -0.2) is 4.68 Å². The van der Waals surface area contributed by atoms with Gasteiger partial charge in [-0.3, -0.25) is 0 Å². The molecule has 1 aromatic heterocycles. The van der Waals surface area contributed by atoms with Crippen LogP contribution in [0.4, 0.5) is 0 Å². The van der Waals surface area contributed by atoms with Gasteiger partial charge in [-0.2, -0.15) is 5.10 Å². The standard InChI is InChI=1S/C9H16N2O/c1-4-6-11-9(12-5-2)8(3)7-10-11/h7H,4-6H2,1-3H3. The summed E-state index contributed by atoms with van der Waals surface area (Å²) in [5, 5.41) is 4.22. The average Bonchev–Trinajstić information content (AvgIpc) is 2.37. The van der Waals surface area contributed by atoms with Crippen LogP contribution in [0.15, 0.2) is 6.20 Å². The van der Waals surface area contributed by atoms with Crippen molar-refractivity contribution in [1.29, 1.82) is 0 Å². The lowest BCUT2D eigenvalue weighted by Crippen LogP contribution is -2.04. The number of hydrogen-bond acceptors (Lipinski definition) is 2. The SMILES string of the molecule is CCCn1ncc(C)c1OCC. The Balaban J connectivity index is 2.80. The third kappa shape index (κ3) is 1.78. The highest BCUT2D eigenvalue weighted by atomic mass is 16.5. The minimum atomic E-state index is 0.705. The Hall–Kier alpha value is -0.990. The van der Waals surface area contributed by atoms with Crippen LogP contribution in [0.3, 0.4) is 0 Å². The van der Waals surface area contributed by atoms with E-state index in [1.807, 2.05) is 24.7 Å². The molecule has 0 atom stereocenters. The zero-order valence-electron chi connectivity index (χ0n) is 8.00. The first-order chi connectivity index (χ1) is 5.79. The van der Waals surface area contributed by atoms with E-state index in [0.717, 1.165) is 24.4 Å². The molecule has 0 bridgehead atoms. The molecule has 0 aromatic carbocycles. The van der Waals surface area contributed by atoms with Crippen LogP contribution in [0.25, 0.3) is 0 Å². The zero-order valence-corrected chi connectivity index (χ0v) is 8.00. The molecule has 3 heteroatoms. The molecule has 0 fully saturated rings. The Morgan fingerprint density at radius 1 is 1.50 bits per heavy atom. The third-order valence-electron chi connectivity index (χ3n) is 1.68. The average molecular weight is 168 g/mol. The van der Waals surface area contributed by atoms with Gasteiger partial charge < -0.3 is 4.74 Å². The fraction of sp³-hybridized carbons (Fsp3) is 0.667. The number of ether oxygens (including phenoxy) is 1. The quantitative estimate of drug-likeness (QED) is 0.687. The summed E-state index contributed by atoms with van der Waals surface area (Å²) in [6.07, 6.45) is 2.93. The fourth-order valence-electron chi connectivity index (χ4n) is 1.16. The summed E-state index contributed by atoms with van der Waals surface area (Å²) in [7, 11) is 0. The number of aryl methyl sites for hydroxylation is 2. The molecule has 0 aliphatic heterocycles. The molecular weight excluding hydrogens is 152 g/mol. The summed E-state index contributed by atoms with van der Waals surface area (Å²) in [6, 6.07) is 0. The van der Waals surface area contributed by atoms with Crippen molar-refractivity contribution in [3.8, 4) is 5.88 Å². The Morgan fingerprint density at radius 2 is 2.25 bits per heavy atom. The van der Waals surface area contributed by atoms with Gasteiger partial charge in [-0.1, -0.05) is 6.92 Å². The molecule has 0 aliphatic rings. The molecule has 1 rings (SSSR count). The molecule has 68 valence electrons.